The fourth-order valence-corrected chi connectivity index (χ4v) is 9.63. The van der Waals surface area contributed by atoms with Crippen molar-refractivity contribution in [1.82, 2.24) is 15.1 Å². The Morgan fingerprint density at radius 3 is 2.31 bits per heavy atom. The Kier molecular flexibility index (Phi) is 21.3. The van der Waals surface area contributed by atoms with Crippen LogP contribution in [0.25, 0.3) is 0 Å². The molecule has 4 bridgehead atoms. The summed E-state index contributed by atoms with van der Waals surface area (Å²) in [6.07, 6.45) is 1.16. The number of hydrogen-bond acceptors (Lipinski definition) is 17. The van der Waals surface area contributed by atoms with Crippen molar-refractivity contribution in [1.29, 1.82) is 0 Å². The fraction of sp³-hybridized carbons (Fsp3) is 0.653. The van der Waals surface area contributed by atoms with E-state index in [2.05, 4.69) is 5.32 Å². The van der Waals surface area contributed by atoms with Crippen molar-refractivity contribution in [3.8, 4) is 5.75 Å². The molecule has 4 aliphatic rings. The molecule has 1 aromatic rings. The minimum atomic E-state index is -1.86. The molecule has 0 aliphatic carbocycles. The summed E-state index contributed by atoms with van der Waals surface area (Å²) in [5, 5.41) is 14.5. The molecule has 22 heteroatoms. The van der Waals surface area contributed by atoms with Gasteiger partial charge < -0.3 is 52.8 Å². The standard InChI is InChI=1S/C49H69ClN4O16S/c1-30-10-9-11-38(64-8)49(62)28-37(68-47(61)51-49)31(2)45-48(4,70-45)39(27-43(59)53(6)35-25-33(24-30)26-36(63-7)44(35)50)69-46(60)32(3)52(5)40(56)15-22-71-23-21-67-20-19-66-18-17-65-16-14-34(55)29-54-41(57)12-13-42(54)58/h9-11,25-26,31-32,37-39,45,62H,12-24,27-29H2,1-8H3,(H,51,61)/b11-9+,30-10+/t31-,32+,37+,38-,39+,45+,48+,49+/m1/s1. The number of anilines is 1. The van der Waals surface area contributed by atoms with Crippen LogP contribution in [0.5, 0.6) is 5.75 Å². The summed E-state index contributed by atoms with van der Waals surface area (Å²) in [6, 6.07) is 2.52. The molecule has 4 aliphatic heterocycles. The van der Waals surface area contributed by atoms with E-state index in [4.69, 9.17) is 49.5 Å². The molecular weight excluding hydrogens is 968 g/mol. The van der Waals surface area contributed by atoms with Crippen LogP contribution < -0.4 is 15.0 Å². The maximum atomic E-state index is 14.3. The molecule has 20 nitrogen and oxygen atoms in total. The van der Waals surface area contributed by atoms with Gasteiger partial charge in [0.25, 0.3) is 0 Å². The molecule has 5 amide bonds. The molecule has 0 unspecified atom stereocenters. The number of epoxide rings is 1. The topological polar surface area (TPSA) is 239 Å². The number of imide groups is 1. The highest BCUT2D eigenvalue weighted by atomic mass is 35.5. The molecule has 4 heterocycles. The number of carbonyl (C=O) groups excluding carboxylic acids is 7. The van der Waals surface area contributed by atoms with E-state index in [0.29, 0.717) is 55.8 Å². The number of nitrogens with one attached hydrogen (secondary N) is 1. The summed E-state index contributed by atoms with van der Waals surface area (Å²) in [5.74, 6) is -1.55. The Bertz CT molecular complexity index is 2150. The van der Waals surface area contributed by atoms with Crippen molar-refractivity contribution in [2.45, 2.75) is 114 Å². The van der Waals surface area contributed by atoms with Crippen LogP contribution >= 0.6 is 23.4 Å². The highest BCUT2D eigenvalue weighted by Gasteiger charge is 2.64. The lowest BCUT2D eigenvalue weighted by molar-refractivity contribution is -0.162. The van der Waals surface area contributed by atoms with Crippen LogP contribution in [0, 0.1) is 5.92 Å². The summed E-state index contributed by atoms with van der Waals surface area (Å²) in [6.45, 7) is 8.57. The SMILES string of the molecule is COc1cc2cc(c1Cl)N(C)C(=O)C[C@H](OC(=O)[C@H](C)N(C)C(=O)CCSCCOCCOCCOCCC(=O)CN1C(=O)CCC1=O)[C@]1(C)O[C@H]1[C@H](C)[C@@H]1C[C@@](O)(NC(=O)O1)[C@H](OC)/C=C/C=C(\C)C2. The van der Waals surface area contributed by atoms with E-state index < -0.39 is 65.7 Å². The number of allylic oxidation sites excluding steroid dienone is 3. The predicted octanol–water partition coefficient (Wildman–Crippen LogP) is 3.80. The van der Waals surface area contributed by atoms with Crippen molar-refractivity contribution < 1.29 is 76.6 Å². The molecule has 5 rings (SSSR count). The first-order chi connectivity index (χ1) is 33.7. The van der Waals surface area contributed by atoms with Gasteiger partial charge in [-0.05, 0) is 44.9 Å². The summed E-state index contributed by atoms with van der Waals surface area (Å²) in [5.41, 5.74) is -1.06. The van der Waals surface area contributed by atoms with Crippen LogP contribution in [0.15, 0.2) is 35.9 Å². The third-order valence-corrected chi connectivity index (χ3v) is 14.4. The van der Waals surface area contributed by atoms with Crippen molar-refractivity contribution in [3.05, 3.63) is 46.5 Å². The summed E-state index contributed by atoms with van der Waals surface area (Å²) in [7, 11) is 5.97. The first-order valence-electron chi connectivity index (χ1n) is 23.7. The highest BCUT2D eigenvalue weighted by molar-refractivity contribution is 7.99. The van der Waals surface area contributed by atoms with Gasteiger partial charge in [-0.2, -0.15) is 11.8 Å². The number of aliphatic hydroxyl groups is 1. The number of nitrogens with zero attached hydrogens (tertiary/aromatic N) is 3. The van der Waals surface area contributed by atoms with Gasteiger partial charge in [-0.3, -0.25) is 34.2 Å². The first-order valence-corrected chi connectivity index (χ1v) is 25.3. The molecule has 0 saturated carbocycles. The Labute approximate surface area is 424 Å². The molecule has 394 valence electrons. The van der Waals surface area contributed by atoms with E-state index in [1.165, 1.54) is 42.8 Å². The lowest BCUT2D eigenvalue weighted by atomic mass is 9.83. The highest BCUT2D eigenvalue weighted by Crippen LogP contribution is 2.49. The molecule has 1 aromatic carbocycles. The molecule has 71 heavy (non-hydrogen) atoms. The summed E-state index contributed by atoms with van der Waals surface area (Å²) >= 11 is 8.31. The minimum absolute atomic E-state index is 0.0785. The number of hydrogen-bond donors (Lipinski definition) is 2. The fourth-order valence-electron chi connectivity index (χ4n) is 8.56. The normalized spacial score (nSPS) is 27.5. The number of rotatable bonds is 22. The first kappa shape index (κ1) is 57.3. The number of fused-ring (bicyclic) bond motifs is 5. The van der Waals surface area contributed by atoms with E-state index >= 15 is 0 Å². The Morgan fingerprint density at radius 1 is 0.986 bits per heavy atom. The van der Waals surface area contributed by atoms with E-state index in [1.54, 1.807) is 52.1 Å². The number of carbonyl (C=O) groups is 7. The van der Waals surface area contributed by atoms with Crippen molar-refractivity contribution >= 4 is 70.5 Å². The molecule has 3 fully saturated rings. The smallest absolute Gasteiger partial charge is 0.409 e. The molecule has 3 saturated heterocycles. The van der Waals surface area contributed by atoms with Crippen LogP contribution in [0.2, 0.25) is 5.02 Å². The number of ketones is 1. The van der Waals surface area contributed by atoms with Gasteiger partial charge in [-0.15, -0.1) is 0 Å². The van der Waals surface area contributed by atoms with E-state index in [1.807, 2.05) is 13.0 Å². The quantitative estimate of drug-likeness (QED) is 0.0727. The van der Waals surface area contributed by atoms with Crippen molar-refractivity contribution in [2.75, 3.05) is 90.9 Å². The lowest BCUT2D eigenvalue weighted by Crippen LogP contribution is -2.63. The molecule has 8 atom stereocenters. The second kappa shape index (κ2) is 26.4. The number of methoxy groups -OCH3 is 2. The number of halogens is 1. The van der Waals surface area contributed by atoms with Gasteiger partial charge in [0.05, 0.1) is 71.5 Å². The number of likely N-dealkylation sites (N-methyl/N-ethyl adjacent to an activating group) is 1. The van der Waals surface area contributed by atoms with Crippen LogP contribution in [-0.4, -0.2) is 184 Å². The van der Waals surface area contributed by atoms with E-state index in [0.717, 1.165) is 16.0 Å². The van der Waals surface area contributed by atoms with E-state index in [-0.39, 0.29) is 86.8 Å². The lowest BCUT2D eigenvalue weighted by Gasteiger charge is -2.42. The van der Waals surface area contributed by atoms with Crippen LogP contribution in [0.1, 0.15) is 71.8 Å². The van der Waals surface area contributed by atoms with Crippen LogP contribution in [0.4, 0.5) is 10.5 Å². The maximum absolute atomic E-state index is 14.3. The van der Waals surface area contributed by atoms with Gasteiger partial charge in [0, 0.05) is 70.7 Å². The second-order valence-electron chi connectivity index (χ2n) is 18.3. The monoisotopic (exact) mass is 1040 g/mol. The van der Waals surface area contributed by atoms with Crippen LogP contribution in [0.3, 0.4) is 0 Å². The summed E-state index contributed by atoms with van der Waals surface area (Å²) < 4.78 is 45.9. The molecule has 2 N–H and O–H groups in total. The van der Waals surface area contributed by atoms with Gasteiger partial charge in [0.1, 0.15) is 40.7 Å². The molecular formula is C49H69ClN4O16S. The second-order valence-corrected chi connectivity index (χ2v) is 19.9. The van der Waals surface area contributed by atoms with Crippen molar-refractivity contribution in [3.63, 3.8) is 0 Å². The Balaban J connectivity index is 1.13. The Hall–Kier alpha value is -4.61. The number of likely N-dealkylation sites (tertiary alicyclic amines) is 1. The third-order valence-electron chi connectivity index (χ3n) is 13.1. The maximum Gasteiger partial charge on any atom is 0.409 e. The minimum Gasteiger partial charge on any atom is -0.495 e. The zero-order valence-electron chi connectivity index (χ0n) is 41.9. The largest absolute Gasteiger partial charge is 0.495 e. The van der Waals surface area contributed by atoms with Gasteiger partial charge in [0.15, 0.2) is 11.5 Å². The third kappa shape index (κ3) is 15.5. The average molecular weight is 1040 g/mol. The van der Waals surface area contributed by atoms with Crippen LogP contribution in [-0.2, 0) is 68.3 Å². The van der Waals surface area contributed by atoms with Crippen molar-refractivity contribution in [2.24, 2.45) is 5.92 Å². The summed E-state index contributed by atoms with van der Waals surface area (Å²) in [4.78, 5) is 93.6. The number of ether oxygens (including phenoxy) is 8. The van der Waals surface area contributed by atoms with Gasteiger partial charge >= 0.3 is 12.1 Å². The number of benzene rings is 1. The molecule has 0 spiro atoms. The predicted molar refractivity (Wildman–Crippen MR) is 261 cm³/mol. The number of amides is 5. The number of thioether (sulfide) groups is 1. The van der Waals surface area contributed by atoms with Gasteiger partial charge in [0.2, 0.25) is 23.6 Å². The zero-order chi connectivity index (χ0) is 52.0. The number of alkyl carbamates (subject to hydrolysis) is 1. The molecule has 0 aromatic heterocycles. The van der Waals surface area contributed by atoms with Gasteiger partial charge in [-0.25, -0.2) is 9.59 Å². The zero-order valence-corrected chi connectivity index (χ0v) is 43.4. The Morgan fingerprint density at radius 2 is 1.65 bits per heavy atom. The average Bonchev–Trinajstić information content (AvgIpc) is 3.94. The number of esters is 1. The number of Topliss-reactive ketones (excluding diaryl/α,β-unsaturated/α-hetero) is 1. The van der Waals surface area contributed by atoms with E-state index in [9.17, 15) is 38.7 Å². The molecule has 0 radical (unpaired) electrons. The van der Waals surface area contributed by atoms with Gasteiger partial charge in [-0.1, -0.05) is 42.3 Å².